The standard InChI is InChI=1S/C34H34N4O5/c35-24-11-16-30-23(17-24)20-31(43-30)33(40)37-26-12-15-28-22(18-26)19-29(38-28)34(41)42-27-13-9-21(10-14-27)32(39)36-25-7-5-3-1-2-4-6-8-25/h9-20,25,38H,1-8,35H2,(H,36,39)(H,37,40). The molecule has 0 saturated heterocycles. The maximum Gasteiger partial charge on any atom is 0.360 e. The predicted molar refractivity (Wildman–Crippen MR) is 166 cm³/mol. The van der Waals surface area contributed by atoms with E-state index in [0.717, 1.165) is 36.5 Å². The van der Waals surface area contributed by atoms with Crippen molar-refractivity contribution in [3.63, 3.8) is 0 Å². The highest BCUT2D eigenvalue weighted by Crippen LogP contribution is 2.25. The Bertz CT molecular complexity index is 1780. The molecule has 1 aliphatic carbocycles. The Hall–Kier alpha value is -5.05. The number of hydrogen-bond donors (Lipinski definition) is 4. The Balaban J connectivity index is 1.07. The lowest BCUT2D eigenvalue weighted by molar-refractivity contribution is 0.0729. The zero-order valence-corrected chi connectivity index (χ0v) is 23.8. The quantitative estimate of drug-likeness (QED) is 0.0954. The summed E-state index contributed by atoms with van der Waals surface area (Å²) >= 11 is 0. The number of amides is 2. The van der Waals surface area contributed by atoms with Gasteiger partial charge in [-0.1, -0.05) is 38.5 Å². The molecule has 6 rings (SSSR count). The first kappa shape index (κ1) is 28.1. The molecule has 0 aliphatic heterocycles. The van der Waals surface area contributed by atoms with Gasteiger partial charge < -0.3 is 30.5 Å². The topological polar surface area (TPSA) is 139 Å². The summed E-state index contributed by atoms with van der Waals surface area (Å²) in [5, 5.41) is 7.47. The Morgan fingerprint density at radius 2 is 1.53 bits per heavy atom. The number of esters is 1. The van der Waals surface area contributed by atoms with Crippen molar-refractivity contribution in [2.45, 2.75) is 57.4 Å². The van der Waals surface area contributed by atoms with Crippen LogP contribution in [0.1, 0.15) is 82.8 Å². The van der Waals surface area contributed by atoms with Crippen LogP contribution in [0.3, 0.4) is 0 Å². The van der Waals surface area contributed by atoms with Gasteiger partial charge in [0.15, 0.2) is 5.76 Å². The fourth-order valence-electron chi connectivity index (χ4n) is 5.57. The molecule has 9 heteroatoms. The minimum Gasteiger partial charge on any atom is -0.451 e. The van der Waals surface area contributed by atoms with Crippen molar-refractivity contribution < 1.29 is 23.5 Å². The van der Waals surface area contributed by atoms with Gasteiger partial charge >= 0.3 is 5.97 Å². The third-order valence-electron chi connectivity index (χ3n) is 7.88. The highest BCUT2D eigenvalue weighted by molar-refractivity contribution is 6.06. The van der Waals surface area contributed by atoms with Crippen molar-refractivity contribution in [2.24, 2.45) is 0 Å². The number of nitrogen functional groups attached to an aromatic ring is 1. The maximum absolute atomic E-state index is 12.9. The molecule has 1 saturated carbocycles. The van der Waals surface area contributed by atoms with Crippen LogP contribution in [0.25, 0.3) is 21.9 Å². The van der Waals surface area contributed by atoms with E-state index in [9.17, 15) is 14.4 Å². The summed E-state index contributed by atoms with van der Waals surface area (Å²) in [4.78, 5) is 41.5. The van der Waals surface area contributed by atoms with E-state index in [2.05, 4.69) is 15.6 Å². The van der Waals surface area contributed by atoms with E-state index in [-0.39, 0.29) is 23.4 Å². The number of nitrogens with one attached hydrogen (secondary N) is 3. The number of fused-ring (bicyclic) bond motifs is 2. The summed E-state index contributed by atoms with van der Waals surface area (Å²) in [6, 6.07) is 20.5. The molecule has 0 unspecified atom stereocenters. The first-order valence-corrected chi connectivity index (χ1v) is 14.8. The fourth-order valence-corrected chi connectivity index (χ4v) is 5.57. The number of anilines is 2. The summed E-state index contributed by atoms with van der Waals surface area (Å²) in [6.45, 7) is 0. The molecule has 9 nitrogen and oxygen atoms in total. The molecule has 0 radical (unpaired) electrons. The maximum atomic E-state index is 12.9. The highest BCUT2D eigenvalue weighted by Gasteiger charge is 2.17. The van der Waals surface area contributed by atoms with E-state index in [1.807, 2.05) is 0 Å². The van der Waals surface area contributed by atoms with Crippen LogP contribution in [0, 0.1) is 0 Å². The second kappa shape index (κ2) is 12.4. The van der Waals surface area contributed by atoms with Gasteiger partial charge in [-0.05, 0) is 85.6 Å². The van der Waals surface area contributed by atoms with Gasteiger partial charge in [-0.3, -0.25) is 9.59 Å². The van der Waals surface area contributed by atoms with Crippen molar-refractivity contribution in [2.75, 3.05) is 11.1 Å². The number of H-pyrrole nitrogens is 1. The number of hydrogen-bond acceptors (Lipinski definition) is 6. The largest absolute Gasteiger partial charge is 0.451 e. The number of ether oxygens (including phenoxy) is 1. The van der Waals surface area contributed by atoms with Gasteiger partial charge in [0.1, 0.15) is 17.0 Å². The Morgan fingerprint density at radius 3 is 2.30 bits per heavy atom. The van der Waals surface area contributed by atoms with E-state index < -0.39 is 11.9 Å². The van der Waals surface area contributed by atoms with E-state index >= 15 is 0 Å². The molecule has 3 aromatic carbocycles. The Kier molecular flexibility index (Phi) is 8.13. The SMILES string of the molecule is Nc1ccc2oc(C(=O)Nc3ccc4[nH]c(C(=O)Oc5ccc(C(=O)NC6CCCCCCCC6)cc5)cc4c3)cc2c1. The molecule has 0 atom stereocenters. The Morgan fingerprint density at radius 1 is 0.791 bits per heavy atom. The molecule has 2 heterocycles. The van der Waals surface area contributed by atoms with Crippen LogP contribution >= 0.6 is 0 Å². The molecule has 5 aromatic rings. The van der Waals surface area contributed by atoms with Crippen LogP contribution in [0.5, 0.6) is 5.75 Å². The first-order valence-electron chi connectivity index (χ1n) is 14.8. The second-order valence-electron chi connectivity index (χ2n) is 11.1. The van der Waals surface area contributed by atoms with Crippen molar-refractivity contribution in [3.8, 4) is 5.75 Å². The van der Waals surface area contributed by atoms with Crippen LogP contribution < -0.4 is 21.1 Å². The van der Waals surface area contributed by atoms with Gasteiger partial charge in [0.05, 0.1) is 0 Å². The summed E-state index contributed by atoms with van der Waals surface area (Å²) in [5.74, 6) is -0.570. The lowest BCUT2D eigenvalue weighted by atomic mass is 10.0. The zero-order chi connectivity index (χ0) is 29.8. The third-order valence-corrected chi connectivity index (χ3v) is 7.88. The number of nitrogens with two attached hydrogens (primary N) is 1. The molecule has 5 N–H and O–H groups in total. The normalized spacial score (nSPS) is 14.5. The van der Waals surface area contributed by atoms with Crippen molar-refractivity contribution >= 4 is 51.0 Å². The number of aromatic amines is 1. The number of rotatable bonds is 6. The number of carbonyl (C=O) groups excluding carboxylic acids is 3. The summed E-state index contributed by atoms with van der Waals surface area (Å²) in [6.07, 6.45) is 9.31. The molecule has 2 amide bonds. The lowest BCUT2D eigenvalue weighted by Crippen LogP contribution is -2.34. The van der Waals surface area contributed by atoms with E-state index in [1.165, 1.54) is 25.7 Å². The first-order chi connectivity index (χ1) is 20.9. The van der Waals surface area contributed by atoms with E-state index in [0.29, 0.717) is 33.8 Å². The monoisotopic (exact) mass is 578 g/mol. The summed E-state index contributed by atoms with van der Waals surface area (Å²) in [7, 11) is 0. The molecular weight excluding hydrogens is 544 g/mol. The average molecular weight is 579 g/mol. The average Bonchev–Trinajstić information content (AvgIpc) is 3.64. The number of furan rings is 1. The van der Waals surface area contributed by atoms with Crippen molar-refractivity contribution in [1.82, 2.24) is 10.3 Å². The number of carbonyl (C=O) groups is 3. The van der Waals surface area contributed by atoms with E-state index in [4.69, 9.17) is 14.9 Å². The summed E-state index contributed by atoms with van der Waals surface area (Å²) in [5.41, 5.74) is 9.02. The van der Waals surface area contributed by atoms with Crippen LogP contribution in [-0.4, -0.2) is 28.8 Å². The van der Waals surface area contributed by atoms with Crippen LogP contribution in [0.4, 0.5) is 11.4 Å². The minimum atomic E-state index is -0.564. The van der Waals surface area contributed by atoms with Crippen LogP contribution in [-0.2, 0) is 0 Å². The van der Waals surface area contributed by atoms with Gasteiger partial charge in [-0.2, -0.15) is 0 Å². The molecule has 1 fully saturated rings. The molecule has 0 bridgehead atoms. The molecule has 0 spiro atoms. The number of benzene rings is 3. The van der Waals surface area contributed by atoms with Gasteiger partial charge in [-0.15, -0.1) is 0 Å². The fraction of sp³-hybridized carbons (Fsp3) is 0.265. The van der Waals surface area contributed by atoms with Gasteiger partial charge in [0.2, 0.25) is 0 Å². The second-order valence-corrected chi connectivity index (χ2v) is 11.1. The smallest absolute Gasteiger partial charge is 0.360 e. The lowest BCUT2D eigenvalue weighted by Gasteiger charge is -2.18. The number of aromatic nitrogens is 1. The van der Waals surface area contributed by atoms with Gasteiger partial charge in [0.25, 0.3) is 11.8 Å². The molecule has 43 heavy (non-hydrogen) atoms. The summed E-state index contributed by atoms with van der Waals surface area (Å²) < 4.78 is 11.2. The zero-order valence-electron chi connectivity index (χ0n) is 23.8. The molecular formula is C34H34N4O5. The van der Waals surface area contributed by atoms with Crippen LogP contribution in [0.2, 0.25) is 0 Å². The minimum absolute atomic E-state index is 0.106. The van der Waals surface area contributed by atoms with Gasteiger partial charge in [0, 0.05) is 39.3 Å². The third kappa shape index (κ3) is 6.72. The molecule has 220 valence electrons. The van der Waals surface area contributed by atoms with Gasteiger partial charge in [-0.25, -0.2) is 4.79 Å². The molecule has 1 aliphatic rings. The molecule has 2 aromatic heterocycles. The van der Waals surface area contributed by atoms with Crippen molar-refractivity contribution in [3.05, 3.63) is 89.8 Å². The predicted octanol–water partition coefficient (Wildman–Crippen LogP) is 7.20. The van der Waals surface area contributed by atoms with Crippen LogP contribution in [0.15, 0.2) is 77.2 Å². The van der Waals surface area contributed by atoms with E-state index in [1.54, 1.807) is 72.8 Å². The highest BCUT2D eigenvalue weighted by atomic mass is 16.5. The van der Waals surface area contributed by atoms with Crippen molar-refractivity contribution in [1.29, 1.82) is 0 Å². The Labute approximate surface area is 248 Å².